The molecule has 0 radical (unpaired) electrons. The van der Waals surface area contributed by atoms with E-state index in [1.165, 1.54) is 25.7 Å². The molecule has 1 unspecified atom stereocenters. The zero-order valence-corrected chi connectivity index (χ0v) is 16.3. The summed E-state index contributed by atoms with van der Waals surface area (Å²) in [5.41, 5.74) is 5.75. The first-order chi connectivity index (χ1) is 10.5. The smallest absolute Gasteiger partial charge is 0.239 e. The molecule has 4 N–H and O–H groups in total. The van der Waals surface area contributed by atoms with E-state index in [1.54, 1.807) is 0 Å². The highest BCUT2D eigenvalue weighted by molar-refractivity contribution is 5.87. The summed E-state index contributed by atoms with van der Waals surface area (Å²) in [7, 11) is 0. The molecule has 2 aliphatic rings. The van der Waals surface area contributed by atoms with Crippen LogP contribution in [0.4, 0.5) is 0 Å². The molecule has 24 heavy (non-hydrogen) atoms. The van der Waals surface area contributed by atoms with E-state index in [4.69, 9.17) is 5.73 Å². The molecule has 0 bridgehead atoms. The van der Waals surface area contributed by atoms with Crippen LogP contribution in [-0.4, -0.2) is 54.5 Å². The quantitative estimate of drug-likeness (QED) is 0.640. The number of carbonyl (C=O) groups is 2. The van der Waals surface area contributed by atoms with E-state index < -0.39 is 6.04 Å². The fourth-order valence-electron chi connectivity index (χ4n) is 3.37. The van der Waals surface area contributed by atoms with Gasteiger partial charge in [0, 0.05) is 25.2 Å². The van der Waals surface area contributed by atoms with Crippen LogP contribution < -0.4 is 16.4 Å². The molecular formula is C16H32Cl2N4O2. The summed E-state index contributed by atoms with van der Waals surface area (Å²) in [6.07, 6.45) is 6.26. The molecule has 0 aromatic carbocycles. The van der Waals surface area contributed by atoms with Gasteiger partial charge in [-0.3, -0.25) is 14.5 Å². The largest absolute Gasteiger partial charge is 0.350 e. The molecule has 1 heterocycles. The Morgan fingerprint density at radius 2 is 1.79 bits per heavy atom. The highest BCUT2D eigenvalue weighted by Gasteiger charge is 2.30. The predicted octanol–water partition coefficient (Wildman–Crippen LogP) is 1.06. The number of nitrogens with one attached hydrogen (secondary N) is 2. The lowest BCUT2D eigenvalue weighted by molar-refractivity contribution is -0.127. The normalized spacial score (nSPS) is 22.6. The fourth-order valence-corrected chi connectivity index (χ4v) is 3.37. The van der Waals surface area contributed by atoms with E-state index in [1.807, 2.05) is 13.8 Å². The third kappa shape index (κ3) is 6.75. The van der Waals surface area contributed by atoms with Crippen molar-refractivity contribution in [3.63, 3.8) is 0 Å². The molecule has 0 spiro atoms. The van der Waals surface area contributed by atoms with Crippen LogP contribution in [0.25, 0.3) is 0 Å². The van der Waals surface area contributed by atoms with Crippen LogP contribution in [0, 0.1) is 5.92 Å². The molecule has 0 aromatic heterocycles. The number of rotatable bonds is 6. The fraction of sp³-hybridized carbons (Fsp3) is 0.875. The molecule has 2 rings (SSSR count). The van der Waals surface area contributed by atoms with Gasteiger partial charge in [0.2, 0.25) is 11.8 Å². The van der Waals surface area contributed by atoms with Gasteiger partial charge in [0.05, 0.1) is 12.6 Å². The van der Waals surface area contributed by atoms with Crippen LogP contribution >= 0.6 is 24.8 Å². The van der Waals surface area contributed by atoms with Crippen LogP contribution in [0.1, 0.15) is 46.0 Å². The lowest BCUT2D eigenvalue weighted by Gasteiger charge is -2.23. The molecule has 1 aliphatic carbocycles. The van der Waals surface area contributed by atoms with Crippen molar-refractivity contribution in [3.8, 4) is 0 Å². The number of hydrogen-bond acceptors (Lipinski definition) is 4. The molecule has 1 saturated heterocycles. The second kappa shape index (κ2) is 11.1. The maximum atomic E-state index is 11.9. The molecule has 2 fully saturated rings. The third-order valence-electron chi connectivity index (χ3n) is 4.87. The average molecular weight is 383 g/mol. The van der Waals surface area contributed by atoms with Crippen molar-refractivity contribution in [1.82, 2.24) is 15.5 Å². The molecule has 0 aromatic rings. The molecule has 2 amide bonds. The summed E-state index contributed by atoms with van der Waals surface area (Å²) in [5, 5.41) is 5.63. The molecule has 1 aliphatic heterocycles. The summed E-state index contributed by atoms with van der Waals surface area (Å²) in [4.78, 5) is 26.2. The first-order valence-corrected chi connectivity index (χ1v) is 8.54. The first kappa shape index (κ1) is 23.4. The van der Waals surface area contributed by atoms with Crippen molar-refractivity contribution in [2.24, 2.45) is 11.7 Å². The Labute approximate surface area is 157 Å². The van der Waals surface area contributed by atoms with Crippen molar-refractivity contribution < 1.29 is 9.59 Å². The summed E-state index contributed by atoms with van der Waals surface area (Å²) in [5.74, 6) is -0.315. The number of halogens is 2. The van der Waals surface area contributed by atoms with E-state index in [-0.39, 0.29) is 55.1 Å². The second-order valence-electron chi connectivity index (χ2n) is 6.97. The van der Waals surface area contributed by atoms with Crippen molar-refractivity contribution in [2.75, 3.05) is 19.6 Å². The summed E-state index contributed by atoms with van der Waals surface area (Å²) in [6.45, 7) is 5.80. The lowest BCUT2D eigenvalue weighted by atomic mass is 10.1. The minimum Gasteiger partial charge on any atom is -0.350 e. The topological polar surface area (TPSA) is 87.5 Å². The Morgan fingerprint density at radius 3 is 2.38 bits per heavy atom. The molecule has 1 saturated carbocycles. The van der Waals surface area contributed by atoms with Crippen LogP contribution in [0.3, 0.4) is 0 Å². The predicted molar refractivity (Wildman–Crippen MR) is 101 cm³/mol. The van der Waals surface area contributed by atoms with Gasteiger partial charge in [-0.2, -0.15) is 0 Å². The van der Waals surface area contributed by atoms with Crippen molar-refractivity contribution >= 4 is 36.6 Å². The van der Waals surface area contributed by atoms with Crippen LogP contribution in [0.2, 0.25) is 0 Å². The summed E-state index contributed by atoms with van der Waals surface area (Å²) in [6, 6.07) is 0.367. The van der Waals surface area contributed by atoms with Gasteiger partial charge in [-0.05, 0) is 25.2 Å². The van der Waals surface area contributed by atoms with Gasteiger partial charge in [0.25, 0.3) is 0 Å². The standard InChI is InChI=1S/C16H30N4O2.2ClH/c1-11(2)15(17)16(22)18-9-14(21)19-12-7-8-20(10-12)13-5-3-4-6-13;;/h11-13,15H,3-10,17H2,1-2H3,(H,18,22)(H,19,21);2*1H/t12?,15-;;/m0../s1. The van der Waals surface area contributed by atoms with Crippen LogP contribution in [0.15, 0.2) is 0 Å². The van der Waals surface area contributed by atoms with Gasteiger partial charge in [-0.1, -0.05) is 26.7 Å². The number of hydrogen-bond donors (Lipinski definition) is 3. The van der Waals surface area contributed by atoms with E-state index >= 15 is 0 Å². The Kier molecular flexibility index (Phi) is 10.9. The Bertz CT molecular complexity index is 404. The second-order valence-corrected chi connectivity index (χ2v) is 6.97. The van der Waals surface area contributed by atoms with Crippen molar-refractivity contribution in [1.29, 1.82) is 0 Å². The zero-order chi connectivity index (χ0) is 16.1. The summed E-state index contributed by atoms with van der Waals surface area (Å²) >= 11 is 0. The Balaban J connectivity index is 0.00000264. The van der Waals surface area contributed by atoms with E-state index in [9.17, 15) is 9.59 Å². The molecule has 8 heteroatoms. The van der Waals surface area contributed by atoms with Gasteiger partial charge in [0.1, 0.15) is 0 Å². The summed E-state index contributed by atoms with van der Waals surface area (Å²) < 4.78 is 0. The number of amides is 2. The monoisotopic (exact) mass is 382 g/mol. The van der Waals surface area contributed by atoms with E-state index in [2.05, 4.69) is 15.5 Å². The maximum Gasteiger partial charge on any atom is 0.239 e. The number of carbonyl (C=O) groups excluding carboxylic acids is 2. The van der Waals surface area contributed by atoms with Gasteiger partial charge < -0.3 is 16.4 Å². The highest BCUT2D eigenvalue weighted by atomic mass is 35.5. The average Bonchev–Trinajstić information content (AvgIpc) is 3.14. The minimum atomic E-state index is -0.558. The Hall–Kier alpha value is -0.560. The van der Waals surface area contributed by atoms with Crippen LogP contribution in [0.5, 0.6) is 0 Å². The molecule has 6 nitrogen and oxygen atoms in total. The van der Waals surface area contributed by atoms with Crippen molar-refractivity contribution in [2.45, 2.75) is 64.1 Å². The van der Waals surface area contributed by atoms with Crippen LogP contribution in [-0.2, 0) is 9.59 Å². The van der Waals surface area contributed by atoms with Gasteiger partial charge in [-0.15, -0.1) is 24.8 Å². The Morgan fingerprint density at radius 1 is 1.17 bits per heavy atom. The van der Waals surface area contributed by atoms with Gasteiger partial charge in [-0.25, -0.2) is 0 Å². The molecule has 2 atom stereocenters. The zero-order valence-electron chi connectivity index (χ0n) is 14.6. The van der Waals surface area contributed by atoms with Gasteiger partial charge >= 0.3 is 0 Å². The first-order valence-electron chi connectivity index (χ1n) is 8.54. The van der Waals surface area contributed by atoms with E-state index in [0.29, 0.717) is 6.04 Å². The molecular weight excluding hydrogens is 351 g/mol. The number of nitrogens with zero attached hydrogens (tertiary/aromatic N) is 1. The third-order valence-corrected chi connectivity index (χ3v) is 4.87. The van der Waals surface area contributed by atoms with Gasteiger partial charge in [0.15, 0.2) is 0 Å². The highest BCUT2D eigenvalue weighted by Crippen LogP contribution is 2.26. The minimum absolute atomic E-state index is 0. The molecule has 142 valence electrons. The number of nitrogens with two attached hydrogens (primary N) is 1. The maximum absolute atomic E-state index is 11.9. The SMILES string of the molecule is CC(C)[C@H](N)C(=O)NCC(=O)NC1CCN(C2CCCC2)C1.Cl.Cl. The van der Waals surface area contributed by atoms with E-state index in [0.717, 1.165) is 19.5 Å². The van der Waals surface area contributed by atoms with Crippen molar-refractivity contribution in [3.05, 3.63) is 0 Å². The lowest BCUT2D eigenvalue weighted by Crippen LogP contribution is -2.48. The number of likely N-dealkylation sites (tertiary alicyclic amines) is 1.